The second-order valence-corrected chi connectivity index (χ2v) is 4.96. The Morgan fingerprint density at radius 1 is 1.50 bits per heavy atom. The smallest absolute Gasteiger partial charge is 0.0436 e. The first-order valence-electron chi connectivity index (χ1n) is 5.96. The topological polar surface area (TPSA) is 24.1 Å². The summed E-state index contributed by atoms with van der Waals surface area (Å²) in [6.45, 7) is 5.40. The summed E-state index contributed by atoms with van der Waals surface area (Å²) in [5.41, 5.74) is 2.31. The Morgan fingerprint density at radius 3 is 3.06 bits per heavy atom. The number of anilines is 1. The average molecular weight is 239 g/mol. The highest BCUT2D eigenvalue weighted by atomic mass is 35.5. The van der Waals surface area contributed by atoms with Crippen LogP contribution in [0.1, 0.15) is 18.4 Å². The summed E-state index contributed by atoms with van der Waals surface area (Å²) >= 11 is 5.99. The van der Waals surface area contributed by atoms with Crippen LogP contribution in [0.25, 0.3) is 0 Å². The van der Waals surface area contributed by atoms with Crippen molar-refractivity contribution in [2.24, 2.45) is 5.92 Å². The van der Waals surface area contributed by atoms with Crippen molar-refractivity contribution in [1.82, 2.24) is 5.32 Å². The maximum Gasteiger partial charge on any atom is 0.0436 e. The lowest BCUT2D eigenvalue weighted by molar-refractivity contribution is 0.393. The van der Waals surface area contributed by atoms with E-state index in [0.717, 1.165) is 29.6 Å². The first-order valence-corrected chi connectivity index (χ1v) is 6.34. The van der Waals surface area contributed by atoms with Crippen LogP contribution in [-0.4, -0.2) is 19.6 Å². The minimum atomic E-state index is 0.754. The molecule has 1 unspecified atom stereocenters. The van der Waals surface area contributed by atoms with Gasteiger partial charge in [0.05, 0.1) is 0 Å². The molecule has 2 nitrogen and oxygen atoms in total. The van der Waals surface area contributed by atoms with E-state index in [0.29, 0.717) is 0 Å². The van der Waals surface area contributed by atoms with Crippen molar-refractivity contribution in [2.45, 2.75) is 19.8 Å². The number of nitrogens with one attached hydrogen (secondary N) is 2. The van der Waals surface area contributed by atoms with Crippen LogP contribution in [0.2, 0.25) is 5.02 Å². The molecular weight excluding hydrogens is 220 g/mol. The van der Waals surface area contributed by atoms with E-state index in [1.807, 2.05) is 19.1 Å². The third-order valence-electron chi connectivity index (χ3n) is 3.15. The molecule has 0 aliphatic carbocycles. The van der Waals surface area contributed by atoms with Crippen LogP contribution in [-0.2, 0) is 0 Å². The Bertz CT molecular complexity index is 346. The van der Waals surface area contributed by atoms with E-state index in [9.17, 15) is 0 Å². The Hall–Kier alpha value is -0.730. The van der Waals surface area contributed by atoms with E-state index in [4.69, 9.17) is 11.6 Å². The van der Waals surface area contributed by atoms with Crippen LogP contribution in [0.4, 0.5) is 5.69 Å². The lowest BCUT2D eigenvalue weighted by Gasteiger charge is -2.23. The van der Waals surface area contributed by atoms with E-state index >= 15 is 0 Å². The van der Waals surface area contributed by atoms with Crippen LogP contribution in [0.15, 0.2) is 18.2 Å². The second kappa shape index (κ2) is 5.55. The zero-order valence-corrected chi connectivity index (χ0v) is 10.5. The van der Waals surface area contributed by atoms with Gasteiger partial charge < -0.3 is 10.6 Å². The van der Waals surface area contributed by atoms with Crippen molar-refractivity contribution in [3.63, 3.8) is 0 Å². The van der Waals surface area contributed by atoms with Crippen LogP contribution in [0.3, 0.4) is 0 Å². The third-order valence-corrected chi connectivity index (χ3v) is 3.58. The summed E-state index contributed by atoms with van der Waals surface area (Å²) < 4.78 is 0. The van der Waals surface area contributed by atoms with Gasteiger partial charge in [0.25, 0.3) is 0 Å². The van der Waals surface area contributed by atoms with Crippen molar-refractivity contribution in [1.29, 1.82) is 0 Å². The third kappa shape index (κ3) is 3.13. The number of halogens is 1. The van der Waals surface area contributed by atoms with E-state index < -0.39 is 0 Å². The van der Waals surface area contributed by atoms with Crippen LogP contribution in [0, 0.1) is 12.8 Å². The molecule has 0 radical (unpaired) electrons. The molecule has 1 atom stereocenters. The quantitative estimate of drug-likeness (QED) is 0.846. The van der Waals surface area contributed by atoms with Crippen molar-refractivity contribution in [3.05, 3.63) is 28.8 Å². The molecule has 16 heavy (non-hydrogen) atoms. The van der Waals surface area contributed by atoms with Gasteiger partial charge in [-0.2, -0.15) is 0 Å². The van der Waals surface area contributed by atoms with Gasteiger partial charge in [0, 0.05) is 17.3 Å². The summed E-state index contributed by atoms with van der Waals surface area (Å²) in [5.74, 6) is 0.754. The molecule has 1 aromatic rings. The maximum atomic E-state index is 5.99. The first-order chi connectivity index (χ1) is 7.75. The fourth-order valence-corrected chi connectivity index (χ4v) is 2.23. The Balaban J connectivity index is 1.86. The fourth-order valence-electron chi connectivity index (χ4n) is 2.12. The molecule has 0 amide bonds. The molecule has 2 rings (SSSR count). The minimum Gasteiger partial charge on any atom is -0.385 e. The van der Waals surface area contributed by atoms with Crippen molar-refractivity contribution in [2.75, 3.05) is 25.0 Å². The standard InChI is InChI=1S/C13H19ClN2/c1-10-7-12(4-5-13(10)14)16-9-11-3-2-6-15-8-11/h4-5,7,11,15-16H,2-3,6,8-9H2,1H3. The van der Waals surface area contributed by atoms with Gasteiger partial charge >= 0.3 is 0 Å². The zero-order chi connectivity index (χ0) is 11.4. The Kier molecular flexibility index (Phi) is 4.08. The molecule has 0 bridgehead atoms. The number of hydrogen-bond donors (Lipinski definition) is 2. The van der Waals surface area contributed by atoms with Gasteiger partial charge in [-0.25, -0.2) is 0 Å². The number of benzene rings is 1. The van der Waals surface area contributed by atoms with Gasteiger partial charge in [-0.3, -0.25) is 0 Å². The summed E-state index contributed by atoms with van der Waals surface area (Å²) in [7, 11) is 0. The van der Waals surface area contributed by atoms with Crippen LogP contribution < -0.4 is 10.6 Å². The number of aryl methyl sites for hydroxylation is 1. The molecule has 1 aliphatic rings. The van der Waals surface area contributed by atoms with Gasteiger partial charge in [0.2, 0.25) is 0 Å². The van der Waals surface area contributed by atoms with E-state index in [1.165, 1.54) is 25.1 Å². The molecule has 0 saturated carbocycles. The predicted molar refractivity (Wildman–Crippen MR) is 70.3 cm³/mol. The van der Waals surface area contributed by atoms with Gasteiger partial charge in [0.15, 0.2) is 0 Å². The van der Waals surface area contributed by atoms with Gasteiger partial charge in [-0.15, -0.1) is 0 Å². The molecule has 1 fully saturated rings. The highest BCUT2D eigenvalue weighted by molar-refractivity contribution is 6.31. The molecule has 1 aromatic carbocycles. The van der Waals surface area contributed by atoms with Crippen molar-refractivity contribution in [3.8, 4) is 0 Å². The van der Waals surface area contributed by atoms with Crippen molar-refractivity contribution < 1.29 is 0 Å². The molecule has 1 heterocycles. The lowest BCUT2D eigenvalue weighted by Crippen LogP contribution is -2.33. The summed E-state index contributed by atoms with van der Waals surface area (Å²) in [6, 6.07) is 6.11. The van der Waals surface area contributed by atoms with Crippen LogP contribution in [0.5, 0.6) is 0 Å². The number of rotatable bonds is 3. The minimum absolute atomic E-state index is 0.754. The molecule has 3 heteroatoms. The number of hydrogen-bond acceptors (Lipinski definition) is 2. The van der Waals surface area contributed by atoms with Gasteiger partial charge in [0.1, 0.15) is 0 Å². The van der Waals surface area contributed by atoms with Gasteiger partial charge in [-0.05, 0) is 62.5 Å². The maximum absolute atomic E-state index is 5.99. The van der Waals surface area contributed by atoms with E-state index in [1.54, 1.807) is 0 Å². The van der Waals surface area contributed by atoms with E-state index in [2.05, 4.69) is 16.7 Å². The molecule has 1 aliphatic heterocycles. The Morgan fingerprint density at radius 2 is 2.38 bits per heavy atom. The molecule has 1 saturated heterocycles. The monoisotopic (exact) mass is 238 g/mol. The fraction of sp³-hybridized carbons (Fsp3) is 0.538. The highest BCUT2D eigenvalue weighted by Gasteiger charge is 2.12. The average Bonchev–Trinajstić information content (AvgIpc) is 2.32. The van der Waals surface area contributed by atoms with Crippen molar-refractivity contribution >= 4 is 17.3 Å². The molecular formula is C13H19ClN2. The predicted octanol–water partition coefficient (Wildman–Crippen LogP) is 3.06. The SMILES string of the molecule is Cc1cc(NCC2CCCNC2)ccc1Cl. The Labute approximate surface area is 102 Å². The summed E-state index contributed by atoms with van der Waals surface area (Å²) in [4.78, 5) is 0. The molecule has 88 valence electrons. The normalized spacial score (nSPS) is 20.8. The zero-order valence-electron chi connectivity index (χ0n) is 9.72. The lowest BCUT2D eigenvalue weighted by atomic mass is 10.00. The molecule has 0 aromatic heterocycles. The second-order valence-electron chi connectivity index (χ2n) is 4.56. The molecule has 0 spiro atoms. The summed E-state index contributed by atoms with van der Waals surface area (Å²) in [5, 5.41) is 7.75. The van der Waals surface area contributed by atoms with E-state index in [-0.39, 0.29) is 0 Å². The van der Waals surface area contributed by atoms with Crippen LogP contribution >= 0.6 is 11.6 Å². The summed E-state index contributed by atoms with van der Waals surface area (Å²) in [6.07, 6.45) is 2.62. The highest BCUT2D eigenvalue weighted by Crippen LogP contribution is 2.20. The first kappa shape index (κ1) is 11.7. The number of piperidine rings is 1. The molecule has 2 N–H and O–H groups in total. The van der Waals surface area contributed by atoms with Gasteiger partial charge in [-0.1, -0.05) is 11.6 Å². The largest absolute Gasteiger partial charge is 0.385 e.